The van der Waals surface area contributed by atoms with Gasteiger partial charge in [-0.2, -0.15) is 10.2 Å². The number of aryl methyl sites for hydroxylation is 2. The van der Waals surface area contributed by atoms with Gasteiger partial charge in [-0.15, -0.1) is 0 Å². The maximum atomic E-state index is 12.5. The molecule has 1 aliphatic rings. The van der Waals surface area contributed by atoms with Crippen LogP contribution in [0.25, 0.3) is 0 Å². The van der Waals surface area contributed by atoms with E-state index in [1.807, 2.05) is 23.6 Å². The van der Waals surface area contributed by atoms with Crippen molar-refractivity contribution in [3.8, 4) is 0 Å². The average Bonchev–Trinajstić information content (AvgIpc) is 3.12. The van der Waals surface area contributed by atoms with Crippen molar-refractivity contribution in [3.63, 3.8) is 0 Å². The summed E-state index contributed by atoms with van der Waals surface area (Å²) in [5.74, 6) is 0.0210. The first-order valence-electron chi connectivity index (χ1n) is 6.90. The van der Waals surface area contributed by atoms with Gasteiger partial charge in [-0.25, -0.2) is 0 Å². The third-order valence-electron chi connectivity index (χ3n) is 4.14. The summed E-state index contributed by atoms with van der Waals surface area (Å²) in [6, 6.07) is 1.85. The molecule has 1 N–H and O–H groups in total. The van der Waals surface area contributed by atoms with Gasteiger partial charge in [-0.05, 0) is 32.8 Å². The van der Waals surface area contributed by atoms with Gasteiger partial charge in [0.25, 0.3) is 5.91 Å². The quantitative estimate of drug-likeness (QED) is 0.906. The monoisotopic (exact) mass is 273 g/mol. The van der Waals surface area contributed by atoms with Crippen LogP contribution in [0.15, 0.2) is 12.3 Å². The van der Waals surface area contributed by atoms with Gasteiger partial charge in [0.1, 0.15) is 5.69 Å². The number of nitrogens with one attached hydrogen (secondary N) is 1. The largest absolute Gasteiger partial charge is 0.330 e. The fourth-order valence-electron chi connectivity index (χ4n) is 3.11. The van der Waals surface area contributed by atoms with Gasteiger partial charge >= 0.3 is 0 Å². The molecule has 2 aromatic rings. The molecule has 106 valence electrons. The van der Waals surface area contributed by atoms with E-state index >= 15 is 0 Å². The summed E-state index contributed by atoms with van der Waals surface area (Å²) < 4.78 is 1.89. The molecule has 3 heterocycles. The predicted molar refractivity (Wildman–Crippen MR) is 74.3 cm³/mol. The van der Waals surface area contributed by atoms with Gasteiger partial charge in [0.05, 0.1) is 11.7 Å². The number of nitrogens with zero attached hydrogens (tertiary/aromatic N) is 4. The Labute approximate surface area is 117 Å². The van der Waals surface area contributed by atoms with E-state index in [4.69, 9.17) is 0 Å². The number of H-pyrrole nitrogens is 1. The molecule has 0 unspecified atom stereocenters. The number of amides is 1. The fraction of sp³-hybridized carbons (Fsp3) is 0.500. The minimum absolute atomic E-state index is 0.0210. The van der Waals surface area contributed by atoms with Crippen LogP contribution in [0.3, 0.4) is 0 Å². The van der Waals surface area contributed by atoms with E-state index in [0.717, 1.165) is 30.8 Å². The third-order valence-corrected chi connectivity index (χ3v) is 4.14. The standard InChI is InChI=1S/C14H19N5O/c1-9-13(10(2)18(3)17-9)12-5-4-8-19(12)14(20)11-6-7-15-16-11/h6-7,12H,4-5,8H2,1-3H3,(H,15,16)/t12-/m1/s1. The Morgan fingerprint density at radius 2 is 2.25 bits per heavy atom. The van der Waals surface area contributed by atoms with Gasteiger partial charge in [0.15, 0.2) is 0 Å². The molecule has 1 amide bonds. The van der Waals surface area contributed by atoms with Crippen LogP contribution in [-0.2, 0) is 7.05 Å². The van der Waals surface area contributed by atoms with Crippen molar-refractivity contribution in [3.05, 3.63) is 34.9 Å². The van der Waals surface area contributed by atoms with Gasteiger partial charge in [-0.1, -0.05) is 0 Å². The van der Waals surface area contributed by atoms with Crippen LogP contribution in [-0.4, -0.2) is 37.3 Å². The minimum atomic E-state index is 0.0210. The number of carbonyl (C=O) groups excluding carboxylic acids is 1. The van der Waals surface area contributed by atoms with E-state index in [1.165, 1.54) is 5.56 Å². The van der Waals surface area contributed by atoms with Crippen LogP contribution in [0.4, 0.5) is 0 Å². The van der Waals surface area contributed by atoms with Crippen molar-refractivity contribution in [2.24, 2.45) is 7.05 Å². The van der Waals surface area contributed by atoms with E-state index in [9.17, 15) is 4.79 Å². The second kappa shape index (κ2) is 4.77. The first kappa shape index (κ1) is 12.9. The Morgan fingerprint density at radius 1 is 1.45 bits per heavy atom. The molecule has 2 aromatic heterocycles. The molecule has 0 bridgehead atoms. The molecule has 1 atom stereocenters. The molecule has 0 radical (unpaired) electrons. The number of hydrogen-bond acceptors (Lipinski definition) is 3. The summed E-state index contributed by atoms with van der Waals surface area (Å²) in [6.07, 6.45) is 3.63. The molecule has 1 aliphatic heterocycles. The van der Waals surface area contributed by atoms with Crippen molar-refractivity contribution in [2.45, 2.75) is 32.7 Å². The van der Waals surface area contributed by atoms with Crippen molar-refractivity contribution in [1.29, 1.82) is 0 Å². The van der Waals surface area contributed by atoms with Crippen LogP contribution >= 0.6 is 0 Å². The lowest BCUT2D eigenvalue weighted by atomic mass is 10.0. The number of aromatic amines is 1. The summed E-state index contributed by atoms with van der Waals surface area (Å²) in [5.41, 5.74) is 3.89. The molecule has 0 aromatic carbocycles. The molecule has 0 aliphatic carbocycles. The molecule has 0 saturated carbocycles. The third kappa shape index (κ3) is 1.92. The Hall–Kier alpha value is -2.11. The SMILES string of the molecule is Cc1nn(C)c(C)c1[C@H]1CCCN1C(=O)c1ccn[nH]1. The average molecular weight is 273 g/mol. The normalized spacial score (nSPS) is 18.8. The number of rotatable bonds is 2. The lowest BCUT2D eigenvalue weighted by Crippen LogP contribution is -2.31. The first-order valence-corrected chi connectivity index (χ1v) is 6.90. The van der Waals surface area contributed by atoms with Crippen LogP contribution in [0.5, 0.6) is 0 Å². The van der Waals surface area contributed by atoms with Gasteiger partial charge in [-0.3, -0.25) is 14.6 Å². The van der Waals surface area contributed by atoms with Gasteiger partial charge in [0, 0.05) is 31.0 Å². The van der Waals surface area contributed by atoms with Crippen molar-refractivity contribution in [2.75, 3.05) is 6.54 Å². The second-order valence-electron chi connectivity index (χ2n) is 5.33. The molecule has 20 heavy (non-hydrogen) atoms. The Bertz CT molecular complexity index is 628. The topological polar surface area (TPSA) is 66.8 Å². The van der Waals surface area contributed by atoms with Crippen molar-refractivity contribution < 1.29 is 4.79 Å². The zero-order valence-electron chi connectivity index (χ0n) is 12.1. The number of aromatic nitrogens is 4. The van der Waals surface area contributed by atoms with Crippen LogP contribution in [0.1, 0.15) is 46.3 Å². The number of hydrogen-bond donors (Lipinski definition) is 1. The van der Waals surface area contributed by atoms with E-state index < -0.39 is 0 Å². The number of likely N-dealkylation sites (tertiary alicyclic amines) is 1. The molecule has 0 spiro atoms. The Morgan fingerprint density at radius 3 is 2.85 bits per heavy atom. The van der Waals surface area contributed by atoms with E-state index in [-0.39, 0.29) is 11.9 Å². The Balaban J connectivity index is 1.95. The smallest absolute Gasteiger partial charge is 0.272 e. The molecule has 6 nitrogen and oxygen atoms in total. The predicted octanol–water partition coefficient (Wildman–Crippen LogP) is 1.74. The zero-order chi connectivity index (χ0) is 14.3. The maximum absolute atomic E-state index is 12.5. The lowest BCUT2D eigenvalue weighted by molar-refractivity contribution is 0.0729. The van der Waals surface area contributed by atoms with Crippen LogP contribution in [0.2, 0.25) is 0 Å². The number of carbonyl (C=O) groups is 1. The van der Waals surface area contributed by atoms with Gasteiger partial charge in [0.2, 0.25) is 0 Å². The highest BCUT2D eigenvalue weighted by Crippen LogP contribution is 2.36. The van der Waals surface area contributed by atoms with E-state index in [0.29, 0.717) is 5.69 Å². The maximum Gasteiger partial charge on any atom is 0.272 e. The highest BCUT2D eigenvalue weighted by atomic mass is 16.2. The summed E-state index contributed by atoms with van der Waals surface area (Å²) in [7, 11) is 1.95. The molecular weight excluding hydrogens is 254 g/mol. The van der Waals surface area contributed by atoms with Crippen LogP contribution in [0, 0.1) is 13.8 Å². The lowest BCUT2D eigenvalue weighted by Gasteiger charge is -2.24. The second-order valence-corrected chi connectivity index (χ2v) is 5.33. The highest BCUT2D eigenvalue weighted by molar-refractivity contribution is 5.92. The van der Waals surface area contributed by atoms with E-state index in [1.54, 1.807) is 12.3 Å². The summed E-state index contributed by atoms with van der Waals surface area (Å²) >= 11 is 0. The molecule has 6 heteroatoms. The zero-order valence-corrected chi connectivity index (χ0v) is 12.1. The molecule has 1 fully saturated rings. The van der Waals surface area contributed by atoms with Gasteiger partial charge < -0.3 is 4.90 Å². The Kier molecular flexibility index (Phi) is 3.08. The van der Waals surface area contributed by atoms with Crippen molar-refractivity contribution in [1.82, 2.24) is 24.9 Å². The molecule has 1 saturated heterocycles. The molecule has 3 rings (SSSR count). The fourth-order valence-corrected chi connectivity index (χ4v) is 3.11. The van der Waals surface area contributed by atoms with Crippen LogP contribution < -0.4 is 0 Å². The summed E-state index contributed by atoms with van der Waals surface area (Å²) in [6.45, 7) is 4.86. The summed E-state index contributed by atoms with van der Waals surface area (Å²) in [5, 5.41) is 11.1. The van der Waals surface area contributed by atoms with E-state index in [2.05, 4.69) is 22.2 Å². The van der Waals surface area contributed by atoms with Crippen molar-refractivity contribution >= 4 is 5.91 Å². The summed E-state index contributed by atoms with van der Waals surface area (Å²) in [4.78, 5) is 14.5. The molecular formula is C14H19N5O. The first-order chi connectivity index (χ1) is 9.59. The minimum Gasteiger partial charge on any atom is -0.330 e. The highest BCUT2D eigenvalue weighted by Gasteiger charge is 2.34.